The van der Waals surface area contributed by atoms with Gasteiger partial charge in [-0.05, 0) is 27.7 Å². The van der Waals surface area contributed by atoms with E-state index in [1.54, 1.807) is 13.8 Å². The molecule has 8 heteroatoms. The van der Waals surface area contributed by atoms with E-state index in [9.17, 15) is 9.59 Å². The molecule has 1 heterocycles. The molecule has 3 rings (SSSR count). The third-order valence-electron chi connectivity index (χ3n) is 4.54. The SMILES string of the molecule is CCNC(=O)NC(=O)C(C)Sc1nnc(-c2ccc(C)cc2)c(-c2ccc(C)cc2)n1. The normalized spacial score (nSPS) is 11.6. The number of nitrogens with zero attached hydrogens (tertiary/aromatic N) is 3. The van der Waals surface area contributed by atoms with Gasteiger partial charge in [0, 0.05) is 17.7 Å². The molecule has 0 aliphatic heterocycles. The van der Waals surface area contributed by atoms with E-state index in [2.05, 4.69) is 20.8 Å². The maximum absolute atomic E-state index is 12.3. The Labute approximate surface area is 186 Å². The fourth-order valence-electron chi connectivity index (χ4n) is 2.81. The van der Waals surface area contributed by atoms with Gasteiger partial charge in [0.2, 0.25) is 11.1 Å². The molecule has 0 spiro atoms. The van der Waals surface area contributed by atoms with Crippen molar-refractivity contribution in [2.75, 3.05) is 6.54 Å². The number of amides is 3. The molecule has 1 aromatic heterocycles. The number of carbonyl (C=O) groups excluding carboxylic acids is 2. The van der Waals surface area contributed by atoms with Gasteiger partial charge in [-0.2, -0.15) is 0 Å². The number of hydrogen-bond donors (Lipinski definition) is 2. The molecule has 7 nitrogen and oxygen atoms in total. The van der Waals surface area contributed by atoms with Crippen LogP contribution >= 0.6 is 11.8 Å². The number of rotatable bonds is 6. The molecule has 0 saturated heterocycles. The Morgan fingerprint density at radius 1 is 0.903 bits per heavy atom. The summed E-state index contributed by atoms with van der Waals surface area (Å²) < 4.78 is 0. The van der Waals surface area contributed by atoms with Gasteiger partial charge in [0.25, 0.3) is 0 Å². The fraction of sp³-hybridized carbons (Fsp3) is 0.261. The number of aryl methyl sites for hydroxylation is 2. The molecule has 0 aliphatic rings. The zero-order valence-electron chi connectivity index (χ0n) is 18.0. The third kappa shape index (κ3) is 5.88. The second kappa shape index (κ2) is 10.2. The molecule has 0 fully saturated rings. The third-order valence-corrected chi connectivity index (χ3v) is 5.49. The lowest BCUT2D eigenvalue weighted by atomic mass is 10.0. The van der Waals surface area contributed by atoms with E-state index in [0.29, 0.717) is 23.1 Å². The lowest BCUT2D eigenvalue weighted by molar-refractivity contribution is -0.119. The highest BCUT2D eigenvalue weighted by molar-refractivity contribution is 8.00. The summed E-state index contributed by atoms with van der Waals surface area (Å²) in [7, 11) is 0. The first-order valence-electron chi connectivity index (χ1n) is 10.0. The minimum atomic E-state index is -0.569. The van der Waals surface area contributed by atoms with E-state index in [0.717, 1.165) is 34.0 Å². The zero-order valence-corrected chi connectivity index (χ0v) is 18.8. The van der Waals surface area contributed by atoms with Crippen LogP contribution in [0, 0.1) is 13.8 Å². The van der Waals surface area contributed by atoms with Crippen molar-refractivity contribution >= 4 is 23.7 Å². The van der Waals surface area contributed by atoms with Crippen molar-refractivity contribution in [3.63, 3.8) is 0 Å². The Bertz CT molecular complexity index is 1070. The van der Waals surface area contributed by atoms with E-state index in [4.69, 9.17) is 4.98 Å². The largest absolute Gasteiger partial charge is 0.338 e. The van der Waals surface area contributed by atoms with Crippen LogP contribution in [-0.4, -0.2) is 38.9 Å². The van der Waals surface area contributed by atoms with Crippen molar-refractivity contribution < 1.29 is 9.59 Å². The van der Waals surface area contributed by atoms with Crippen LogP contribution in [0.1, 0.15) is 25.0 Å². The van der Waals surface area contributed by atoms with Crippen LogP contribution in [0.3, 0.4) is 0 Å². The molecule has 31 heavy (non-hydrogen) atoms. The topological polar surface area (TPSA) is 96.9 Å². The quantitative estimate of drug-likeness (QED) is 0.565. The van der Waals surface area contributed by atoms with Crippen molar-refractivity contribution in [1.82, 2.24) is 25.8 Å². The molecule has 0 saturated carbocycles. The van der Waals surface area contributed by atoms with Gasteiger partial charge in [-0.3, -0.25) is 10.1 Å². The Morgan fingerprint density at radius 3 is 2.00 bits per heavy atom. The summed E-state index contributed by atoms with van der Waals surface area (Å²) in [6, 6.07) is 15.5. The summed E-state index contributed by atoms with van der Waals surface area (Å²) in [4.78, 5) is 28.6. The molecule has 0 radical (unpaired) electrons. The molecular weight excluding hydrogens is 410 g/mol. The van der Waals surface area contributed by atoms with Gasteiger partial charge in [0.1, 0.15) is 11.4 Å². The van der Waals surface area contributed by atoms with E-state index >= 15 is 0 Å². The van der Waals surface area contributed by atoms with E-state index in [-0.39, 0.29) is 0 Å². The molecule has 3 amide bonds. The Kier molecular flexibility index (Phi) is 7.36. The molecule has 1 atom stereocenters. The summed E-state index contributed by atoms with van der Waals surface area (Å²) in [6.07, 6.45) is 0. The number of urea groups is 1. The van der Waals surface area contributed by atoms with Crippen molar-refractivity contribution in [2.45, 2.75) is 38.1 Å². The van der Waals surface area contributed by atoms with Crippen LogP contribution in [-0.2, 0) is 4.79 Å². The van der Waals surface area contributed by atoms with Crippen molar-refractivity contribution in [2.24, 2.45) is 0 Å². The summed E-state index contributed by atoms with van der Waals surface area (Å²) in [5.41, 5.74) is 5.50. The Balaban J connectivity index is 1.91. The van der Waals surface area contributed by atoms with Crippen LogP contribution in [0.15, 0.2) is 53.7 Å². The van der Waals surface area contributed by atoms with E-state index in [1.807, 2.05) is 62.4 Å². The van der Waals surface area contributed by atoms with E-state index < -0.39 is 17.2 Å². The smallest absolute Gasteiger partial charge is 0.321 e. The molecule has 1 unspecified atom stereocenters. The predicted molar refractivity (Wildman–Crippen MR) is 123 cm³/mol. The summed E-state index contributed by atoms with van der Waals surface area (Å²) >= 11 is 1.15. The van der Waals surface area contributed by atoms with Crippen LogP contribution in [0.2, 0.25) is 0 Å². The molecule has 2 N–H and O–H groups in total. The van der Waals surface area contributed by atoms with Gasteiger partial charge in [-0.1, -0.05) is 71.4 Å². The first kappa shape index (κ1) is 22.4. The maximum atomic E-state index is 12.3. The van der Waals surface area contributed by atoms with Crippen LogP contribution < -0.4 is 10.6 Å². The molecule has 160 valence electrons. The van der Waals surface area contributed by atoms with E-state index in [1.165, 1.54) is 0 Å². The lowest BCUT2D eigenvalue weighted by Crippen LogP contribution is -2.42. The van der Waals surface area contributed by atoms with Crippen molar-refractivity contribution in [3.8, 4) is 22.5 Å². The molecule has 3 aromatic rings. The number of hydrogen-bond acceptors (Lipinski definition) is 6. The lowest BCUT2D eigenvalue weighted by Gasteiger charge is -2.13. The Hall–Kier alpha value is -3.26. The van der Waals surface area contributed by atoms with Crippen molar-refractivity contribution in [1.29, 1.82) is 0 Å². The molecular formula is C23H25N5O2S. The number of thioether (sulfide) groups is 1. The average Bonchev–Trinajstić information content (AvgIpc) is 2.75. The van der Waals surface area contributed by atoms with Gasteiger partial charge in [-0.25, -0.2) is 9.78 Å². The van der Waals surface area contributed by atoms with Gasteiger partial charge in [-0.15, -0.1) is 10.2 Å². The fourth-order valence-corrected chi connectivity index (χ4v) is 3.52. The highest BCUT2D eigenvalue weighted by atomic mass is 32.2. The predicted octanol–water partition coefficient (Wildman–Crippen LogP) is 4.15. The first-order valence-corrected chi connectivity index (χ1v) is 10.9. The number of benzene rings is 2. The minimum absolute atomic E-state index is 0.366. The summed E-state index contributed by atoms with van der Waals surface area (Å²) in [5, 5.41) is 13.3. The van der Waals surface area contributed by atoms with Gasteiger partial charge in [0.05, 0.1) is 5.25 Å². The van der Waals surface area contributed by atoms with Crippen LogP contribution in [0.5, 0.6) is 0 Å². The summed E-state index contributed by atoms with van der Waals surface area (Å²) in [6.45, 7) is 7.97. The highest BCUT2D eigenvalue weighted by Gasteiger charge is 2.20. The maximum Gasteiger partial charge on any atom is 0.321 e. The second-order valence-corrected chi connectivity index (χ2v) is 8.44. The average molecular weight is 436 g/mol. The highest BCUT2D eigenvalue weighted by Crippen LogP contribution is 2.31. The van der Waals surface area contributed by atoms with Crippen molar-refractivity contribution in [3.05, 3.63) is 59.7 Å². The monoisotopic (exact) mass is 435 g/mol. The number of aromatic nitrogens is 3. The van der Waals surface area contributed by atoms with Gasteiger partial charge < -0.3 is 5.32 Å². The van der Waals surface area contributed by atoms with Gasteiger partial charge in [0.15, 0.2) is 0 Å². The molecule has 2 aromatic carbocycles. The standard InChI is InChI=1S/C23H25N5O2S/c1-5-24-22(30)26-21(29)16(4)31-23-25-19(17-10-6-14(2)7-11-17)20(27-28-23)18-12-8-15(3)9-13-18/h6-13,16H,5H2,1-4H3,(H2,24,26,29,30). The van der Waals surface area contributed by atoms with Crippen LogP contribution in [0.25, 0.3) is 22.5 Å². The zero-order chi connectivity index (χ0) is 22.4. The Morgan fingerprint density at radius 2 is 1.45 bits per heavy atom. The molecule has 0 aliphatic carbocycles. The summed E-state index contributed by atoms with van der Waals surface area (Å²) in [5.74, 6) is -0.418. The number of carbonyl (C=O) groups is 2. The van der Waals surface area contributed by atoms with Gasteiger partial charge >= 0.3 is 6.03 Å². The molecule has 0 bridgehead atoms. The minimum Gasteiger partial charge on any atom is -0.338 e. The van der Waals surface area contributed by atoms with Crippen LogP contribution in [0.4, 0.5) is 4.79 Å². The number of imide groups is 1. The second-order valence-electron chi connectivity index (χ2n) is 7.13. The first-order chi connectivity index (χ1) is 14.9. The number of nitrogens with one attached hydrogen (secondary N) is 2.